The summed E-state index contributed by atoms with van der Waals surface area (Å²) in [5, 5.41) is 5.62. The standard InChI is InChI=1S/C33H45FN6O5/c1-21-14-23-17-35-40(28(23)15-26(21)25-9-10-38(20-27(25)34)32(41)45-33(3,4)5)30-16-29(36-22(2)37-30)39-18-24(19-39)42-12-13-44-31-8-6-7-11-43-31/h14-17,24-25,27,31H,6-13,18-20H2,1-5H3/t25-,27-,31?/m0/s1. The van der Waals surface area contributed by atoms with Crippen molar-refractivity contribution >= 4 is 22.8 Å². The lowest BCUT2D eigenvalue weighted by Gasteiger charge is -2.40. The molecule has 6 rings (SSSR count). The zero-order valence-electron chi connectivity index (χ0n) is 27.0. The van der Waals surface area contributed by atoms with Gasteiger partial charge in [0, 0.05) is 43.6 Å². The van der Waals surface area contributed by atoms with Gasteiger partial charge in [-0.2, -0.15) is 5.10 Å². The summed E-state index contributed by atoms with van der Waals surface area (Å²) in [7, 11) is 0. The Morgan fingerprint density at radius 3 is 2.53 bits per heavy atom. The molecule has 0 bridgehead atoms. The van der Waals surface area contributed by atoms with Crippen molar-refractivity contribution in [3.8, 4) is 5.82 Å². The van der Waals surface area contributed by atoms with E-state index in [1.54, 1.807) is 4.68 Å². The highest BCUT2D eigenvalue weighted by molar-refractivity contribution is 5.82. The average molecular weight is 625 g/mol. The van der Waals surface area contributed by atoms with Crippen LogP contribution in [0.3, 0.4) is 0 Å². The largest absolute Gasteiger partial charge is 0.444 e. The van der Waals surface area contributed by atoms with Crippen LogP contribution in [-0.4, -0.2) is 101 Å². The van der Waals surface area contributed by atoms with E-state index >= 15 is 4.39 Å². The Labute approximate surface area is 264 Å². The first kappa shape index (κ1) is 31.6. The summed E-state index contributed by atoms with van der Waals surface area (Å²) >= 11 is 0. The van der Waals surface area contributed by atoms with Crippen molar-refractivity contribution in [2.45, 2.75) is 90.4 Å². The SMILES string of the molecule is Cc1nc(N2CC(OCCOC3CCCCO3)C2)cc(-n2ncc3cc(C)c([C@@H]4CCN(C(=O)OC(C)(C)C)C[C@@H]4F)cc32)n1. The number of fused-ring (bicyclic) bond motifs is 1. The average Bonchev–Trinajstić information content (AvgIpc) is 3.37. The van der Waals surface area contributed by atoms with Gasteiger partial charge < -0.3 is 28.7 Å². The molecule has 1 amide bonds. The van der Waals surface area contributed by atoms with E-state index in [0.29, 0.717) is 37.8 Å². The second-order valence-corrected chi connectivity index (χ2v) is 13.4. The molecule has 0 radical (unpaired) electrons. The van der Waals surface area contributed by atoms with Gasteiger partial charge in [-0.1, -0.05) is 0 Å². The molecule has 0 aliphatic carbocycles. The summed E-state index contributed by atoms with van der Waals surface area (Å²) in [6, 6.07) is 6.02. The molecule has 5 heterocycles. The van der Waals surface area contributed by atoms with Crippen LogP contribution in [0, 0.1) is 13.8 Å². The maximum absolute atomic E-state index is 15.6. The van der Waals surface area contributed by atoms with Gasteiger partial charge in [0.1, 0.15) is 23.4 Å². The predicted molar refractivity (Wildman–Crippen MR) is 168 cm³/mol. The molecule has 3 fully saturated rings. The summed E-state index contributed by atoms with van der Waals surface area (Å²) < 4.78 is 40.3. The molecule has 3 aliphatic heterocycles. The number of ether oxygens (including phenoxy) is 4. The van der Waals surface area contributed by atoms with Crippen LogP contribution in [0.2, 0.25) is 0 Å². The van der Waals surface area contributed by atoms with Crippen molar-refractivity contribution in [1.82, 2.24) is 24.6 Å². The Hall–Kier alpha value is -3.35. The molecule has 3 aliphatic rings. The third kappa shape index (κ3) is 7.39. The molecule has 244 valence electrons. The number of piperidine rings is 1. The van der Waals surface area contributed by atoms with Gasteiger partial charge in [0.25, 0.3) is 0 Å². The van der Waals surface area contributed by atoms with Crippen molar-refractivity contribution in [2.75, 3.05) is 50.9 Å². The molecule has 0 saturated carbocycles. The number of amides is 1. The van der Waals surface area contributed by atoms with Crippen LogP contribution in [0.15, 0.2) is 24.4 Å². The summed E-state index contributed by atoms with van der Waals surface area (Å²) in [4.78, 5) is 25.6. The minimum Gasteiger partial charge on any atom is -0.444 e. The molecule has 3 aromatic rings. The van der Waals surface area contributed by atoms with Crippen LogP contribution < -0.4 is 4.90 Å². The first-order valence-electron chi connectivity index (χ1n) is 16.1. The predicted octanol–water partition coefficient (Wildman–Crippen LogP) is 5.24. The molecule has 0 N–H and O–H groups in total. The number of halogens is 1. The van der Waals surface area contributed by atoms with Crippen molar-refractivity contribution in [3.63, 3.8) is 0 Å². The fourth-order valence-electron chi connectivity index (χ4n) is 6.31. The lowest BCUT2D eigenvalue weighted by molar-refractivity contribution is -0.171. The number of alkyl halides is 1. The van der Waals surface area contributed by atoms with E-state index in [4.69, 9.17) is 23.9 Å². The monoisotopic (exact) mass is 624 g/mol. The van der Waals surface area contributed by atoms with Crippen molar-refractivity contribution in [1.29, 1.82) is 0 Å². The third-order valence-corrected chi connectivity index (χ3v) is 8.63. The van der Waals surface area contributed by atoms with Crippen LogP contribution in [-0.2, 0) is 18.9 Å². The number of aromatic nitrogens is 4. The molecule has 3 atom stereocenters. The van der Waals surface area contributed by atoms with Crippen molar-refractivity contribution in [2.24, 2.45) is 0 Å². The zero-order valence-corrected chi connectivity index (χ0v) is 27.0. The Kier molecular flexibility index (Phi) is 9.26. The lowest BCUT2D eigenvalue weighted by atomic mass is 9.85. The number of carbonyl (C=O) groups excluding carboxylic acids is 1. The van der Waals surface area contributed by atoms with Crippen LogP contribution in [0.4, 0.5) is 15.0 Å². The van der Waals surface area contributed by atoms with Gasteiger partial charge in [0.05, 0.1) is 37.6 Å². The number of anilines is 1. The van der Waals surface area contributed by atoms with E-state index in [-0.39, 0.29) is 24.9 Å². The summed E-state index contributed by atoms with van der Waals surface area (Å²) in [5.74, 6) is 1.78. The fraction of sp³-hybridized carbons (Fsp3) is 0.636. The van der Waals surface area contributed by atoms with Crippen molar-refractivity contribution in [3.05, 3.63) is 41.3 Å². The Balaban J connectivity index is 1.11. The number of aryl methyl sites for hydroxylation is 2. The molecular weight excluding hydrogens is 579 g/mol. The number of carbonyl (C=O) groups is 1. The zero-order chi connectivity index (χ0) is 31.7. The molecule has 0 spiro atoms. The van der Waals surface area contributed by atoms with E-state index in [1.807, 2.05) is 52.9 Å². The van der Waals surface area contributed by atoms with Crippen LogP contribution in [0.1, 0.15) is 69.3 Å². The van der Waals surface area contributed by atoms with E-state index in [0.717, 1.165) is 66.8 Å². The van der Waals surface area contributed by atoms with Gasteiger partial charge in [0.2, 0.25) is 0 Å². The van der Waals surface area contributed by atoms with Gasteiger partial charge >= 0.3 is 6.09 Å². The number of hydrogen-bond acceptors (Lipinski definition) is 9. The highest BCUT2D eigenvalue weighted by Crippen LogP contribution is 2.36. The molecule has 12 heteroatoms. The topological polar surface area (TPSA) is 104 Å². The van der Waals surface area contributed by atoms with Crippen LogP contribution in [0.25, 0.3) is 16.7 Å². The molecule has 1 aromatic carbocycles. The van der Waals surface area contributed by atoms with Gasteiger partial charge in [-0.15, -0.1) is 0 Å². The number of rotatable bonds is 8. The highest BCUT2D eigenvalue weighted by Gasteiger charge is 2.35. The number of hydrogen-bond donors (Lipinski definition) is 0. The Bertz CT molecular complexity index is 1500. The Morgan fingerprint density at radius 2 is 1.80 bits per heavy atom. The highest BCUT2D eigenvalue weighted by atomic mass is 19.1. The number of likely N-dealkylation sites (tertiary alicyclic amines) is 1. The van der Waals surface area contributed by atoms with Gasteiger partial charge in [-0.05, 0) is 83.6 Å². The van der Waals surface area contributed by atoms with E-state index in [9.17, 15) is 4.79 Å². The van der Waals surface area contributed by atoms with E-state index in [1.165, 1.54) is 4.90 Å². The van der Waals surface area contributed by atoms with Gasteiger partial charge in [-0.25, -0.2) is 23.8 Å². The summed E-state index contributed by atoms with van der Waals surface area (Å²) in [6.07, 6.45) is 3.86. The van der Waals surface area contributed by atoms with E-state index < -0.39 is 17.9 Å². The summed E-state index contributed by atoms with van der Waals surface area (Å²) in [6.45, 7) is 13.1. The van der Waals surface area contributed by atoms with Crippen LogP contribution in [0.5, 0.6) is 0 Å². The minimum absolute atomic E-state index is 0.00723. The van der Waals surface area contributed by atoms with Crippen molar-refractivity contribution < 1.29 is 28.1 Å². The molecule has 3 saturated heterocycles. The third-order valence-electron chi connectivity index (χ3n) is 8.63. The lowest BCUT2D eigenvalue weighted by Crippen LogP contribution is -2.53. The second kappa shape index (κ2) is 13.2. The number of benzene rings is 1. The van der Waals surface area contributed by atoms with Gasteiger partial charge in [-0.3, -0.25) is 0 Å². The summed E-state index contributed by atoms with van der Waals surface area (Å²) in [5.41, 5.74) is 2.16. The maximum Gasteiger partial charge on any atom is 0.410 e. The quantitative estimate of drug-likeness (QED) is 0.311. The molecular formula is C33H45FN6O5. The first-order chi connectivity index (χ1) is 21.5. The minimum atomic E-state index is -1.21. The molecule has 11 nitrogen and oxygen atoms in total. The van der Waals surface area contributed by atoms with E-state index in [2.05, 4.69) is 21.0 Å². The first-order valence-corrected chi connectivity index (χ1v) is 16.1. The number of nitrogens with zero attached hydrogens (tertiary/aromatic N) is 6. The molecule has 1 unspecified atom stereocenters. The van der Waals surface area contributed by atoms with Crippen LogP contribution >= 0.6 is 0 Å². The second-order valence-electron chi connectivity index (χ2n) is 13.4. The molecule has 45 heavy (non-hydrogen) atoms. The molecule has 2 aromatic heterocycles. The Morgan fingerprint density at radius 1 is 1.02 bits per heavy atom. The smallest absolute Gasteiger partial charge is 0.410 e. The van der Waals surface area contributed by atoms with Gasteiger partial charge in [0.15, 0.2) is 12.1 Å². The maximum atomic E-state index is 15.6. The normalized spacial score (nSPS) is 22.9. The fourth-order valence-corrected chi connectivity index (χ4v) is 6.31.